The zero-order valence-electron chi connectivity index (χ0n) is 17.1. The van der Waals surface area contributed by atoms with Gasteiger partial charge in [-0.05, 0) is 61.3 Å². The summed E-state index contributed by atoms with van der Waals surface area (Å²) in [6, 6.07) is 13.7. The molecule has 5 N–H and O–H groups in total. The van der Waals surface area contributed by atoms with Gasteiger partial charge in [0, 0.05) is 30.2 Å². The first-order valence-corrected chi connectivity index (χ1v) is 10.5. The number of aryl methyl sites for hydroxylation is 2. The maximum atomic E-state index is 12.3. The zero-order valence-corrected chi connectivity index (χ0v) is 17.9. The van der Waals surface area contributed by atoms with E-state index in [0.717, 1.165) is 35.5 Å². The van der Waals surface area contributed by atoms with Crippen molar-refractivity contribution >= 4 is 46.5 Å². The number of benzene rings is 2. The van der Waals surface area contributed by atoms with Crippen LogP contribution < -0.4 is 26.6 Å². The Balaban J connectivity index is 1.66. The van der Waals surface area contributed by atoms with Crippen molar-refractivity contribution in [1.82, 2.24) is 20.6 Å². The summed E-state index contributed by atoms with van der Waals surface area (Å²) in [4.78, 5) is 21.1. The highest BCUT2D eigenvalue weighted by molar-refractivity contribution is 6.32. The van der Waals surface area contributed by atoms with Crippen LogP contribution in [0.1, 0.15) is 11.1 Å². The number of hydrogen-bond acceptors (Lipinski definition) is 6. The van der Waals surface area contributed by atoms with Crippen molar-refractivity contribution < 1.29 is 4.79 Å². The first-order chi connectivity index (χ1) is 15.1. The molecule has 0 spiro atoms. The van der Waals surface area contributed by atoms with Gasteiger partial charge in [-0.3, -0.25) is 0 Å². The molecule has 0 saturated heterocycles. The molecule has 8 nitrogen and oxygen atoms in total. The minimum absolute atomic E-state index is 0.232. The fourth-order valence-electron chi connectivity index (χ4n) is 3.33. The van der Waals surface area contributed by atoms with E-state index in [4.69, 9.17) is 11.6 Å². The number of carbonyl (C=O) groups is 1. The Kier molecular flexibility index (Phi) is 6.49. The molecule has 0 aliphatic carbocycles. The van der Waals surface area contributed by atoms with Gasteiger partial charge in [-0.2, -0.15) is 4.98 Å². The van der Waals surface area contributed by atoms with Gasteiger partial charge in [-0.25, -0.2) is 9.78 Å². The molecule has 31 heavy (non-hydrogen) atoms. The molecule has 0 radical (unpaired) electrons. The van der Waals surface area contributed by atoms with Gasteiger partial charge >= 0.3 is 6.03 Å². The van der Waals surface area contributed by atoms with Crippen LogP contribution in [0.3, 0.4) is 0 Å². The number of nitrogens with zero attached hydrogens (tertiary/aromatic N) is 2. The first-order valence-electron chi connectivity index (χ1n) is 10.1. The Morgan fingerprint density at radius 3 is 2.84 bits per heavy atom. The Morgan fingerprint density at radius 1 is 1.10 bits per heavy atom. The van der Waals surface area contributed by atoms with Gasteiger partial charge < -0.3 is 26.6 Å². The minimum atomic E-state index is -0.232. The van der Waals surface area contributed by atoms with Crippen LogP contribution in [-0.2, 0) is 12.8 Å². The Hall–Kier alpha value is -3.36. The predicted octanol–water partition coefficient (Wildman–Crippen LogP) is 4.06. The molecule has 1 aliphatic rings. The second-order valence-electron chi connectivity index (χ2n) is 7.20. The second kappa shape index (κ2) is 9.63. The number of rotatable bonds is 4. The quantitative estimate of drug-likeness (QED) is 0.394. The smallest absolute Gasteiger partial charge is 0.319 e. The average Bonchev–Trinajstić information content (AvgIpc) is 2.76. The maximum Gasteiger partial charge on any atom is 0.319 e. The van der Waals surface area contributed by atoms with Crippen molar-refractivity contribution in [1.29, 1.82) is 0 Å². The fourth-order valence-corrected chi connectivity index (χ4v) is 3.47. The highest BCUT2D eigenvalue weighted by Gasteiger charge is 2.12. The van der Waals surface area contributed by atoms with E-state index in [1.165, 1.54) is 5.56 Å². The topological polar surface area (TPSA) is 103 Å². The lowest BCUT2D eigenvalue weighted by molar-refractivity contribution is 0.252. The minimum Gasteiger partial charge on any atom is -0.339 e. The molecule has 1 aliphatic heterocycles. The molecule has 9 heteroatoms. The van der Waals surface area contributed by atoms with E-state index in [0.29, 0.717) is 29.9 Å². The summed E-state index contributed by atoms with van der Waals surface area (Å²) in [6.45, 7) is 1.25. The predicted molar refractivity (Wildman–Crippen MR) is 125 cm³/mol. The third-order valence-electron chi connectivity index (χ3n) is 4.89. The van der Waals surface area contributed by atoms with Gasteiger partial charge in [-0.15, -0.1) is 0 Å². The van der Waals surface area contributed by atoms with Crippen LogP contribution in [-0.4, -0.2) is 36.1 Å². The number of carbonyl (C=O) groups excluding carboxylic acids is 1. The van der Waals surface area contributed by atoms with Gasteiger partial charge in [0.15, 0.2) is 5.82 Å². The molecule has 1 aromatic heterocycles. The van der Waals surface area contributed by atoms with E-state index in [1.54, 1.807) is 6.20 Å². The summed E-state index contributed by atoms with van der Waals surface area (Å²) >= 11 is 6.31. The van der Waals surface area contributed by atoms with E-state index in [2.05, 4.69) is 48.7 Å². The van der Waals surface area contributed by atoms with Crippen LogP contribution in [0.5, 0.6) is 0 Å². The molecule has 2 amide bonds. The normalized spacial score (nSPS) is 12.3. The lowest BCUT2D eigenvalue weighted by Gasteiger charge is -2.15. The maximum absolute atomic E-state index is 12.3. The van der Waals surface area contributed by atoms with Gasteiger partial charge in [-0.1, -0.05) is 23.7 Å². The summed E-state index contributed by atoms with van der Waals surface area (Å²) in [7, 11) is 1.85. The van der Waals surface area contributed by atoms with Crippen LogP contribution in [0.25, 0.3) is 0 Å². The molecule has 6 bridgehead atoms. The van der Waals surface area contributed by atoms with E-state index < -0.39 is 0 Å². The third-order valence-corrected chi connectivity index (χ3v) is 5.16. The molecule has 2 heterocycles. The van der Waals surface area contributed by atoms with Crippen molar-refractivity contribution in [3.05, 3.63) is 64.8 Å². The number of nitrogens with one attached hydrogen (secondary N) is 5. The monoisotopic (exact) mass is 437 g/mol. The van der Waals surface area contributed by atoms with Crippen molar-refractivity contribution in [3.63, 3.8) is 0 Å². The van der Waals surface area contributed by atoms with E-state index in [1.807, 2.05) is 37.4 Å². The number of fused-ring (bicyclic) bond motifs is 6. The van der Waals surface area contributed by atoms with Crippen LogP contribution >= 0.6 is 11.6 Å². The highest BCUT2D eigenvalue weighted by Crippen LogP contribution is 2.29. The summed E-state index contributed by atoms with van der Waals surface area (Å²) in [6.07, 6.45) is 3.13. The van der Waals surface area contributed by atoms with Crippen molar-refractivity contribution in [2.45, 2.75) is 12.8 Å². The second-order valence-corrected chi connectivity index (χ2v) is 7.60. The molecule has 3 aromatic rings. The van der Waals surface area contributed by atoms with Crippen molar-refractivity contribution in [3.8, 4) is 0 Å². The summed E-state index contributed by atoms with van der Waals surface area (Å²) in [5.41, 5.74) is 4.68. The lowest BCUT2D eigenvalue weighted by Crippen LogP contribution is -2.34. The van der Waals surface area contributed by atoms with E-state index >= 15 is 0 Å². The van der Waals surface area contributed by atoms with Crippen molar-refractivity contribution in [2.24, 2.45) is 0 Å². The first kappa shape index (κ1) is 20.9. The molecule has 0 atom stereocenters. The summed E-state index contributed by atoms with van der Waals surface area (Å²) in [5, 5.41) is 15.7. The van der Waals surface area contributed by atoms with E-state index in [9.17, 15) is 4.79 Å². The third kappa shape index (κ3) is 5.42. The van der Waals surface area contributed by atoms with Gasteiger partial charge in [0.25, 0.3) is 0 Å². The average molecular weight is 438 g/mol. The number of hydrogen-bond donors (Lipinski definition) is 5. The molecule has 0 fully saturated rings. The number of anilines is 5. The fraction of sp³-hybridized carbons (Fsp3) is 0.227. The SMILES string of the molecule is CNCCNC(=O)Nc1ccc2cc1CCc1cccc(c1)Nc1ncc(Cl)c(n1)N2. The molecular formula is C22H24ClN7O. The molecular weight excluding hydrogens is 414 g/mol. The molecule has 0 saturated carbocycles. The Bertz CT molecular complexity index is 1090. The number of likely N-dealkylation sites (N-methyl/N-ethyl adjacent to an activating group) is 1. The molecule has 2 aromatic carbocycles. The standard InChI is InChI=1S/C22H24ClN7O/c1-24-9-10-25-22(31)29-19-8-7-17-12-15(19)6-5-14-3-2-4-16(11-14)28-21-26-13-18(23)20(27-17)30-21/h2-4,7-8,11-13,24H,5-6,9-10H2,1H3,(H2,25,29,31)(H2,26,27,28,30). The van der Waals surface area contributed by atoms with Gasteiger partial charge in [0.2, 0.25) is 5.95 Å². The van der Waals surface area contributed by atoms with Crippen LogP contribution in [0.4, 0.5) is 33.6 Å². The van der Waals surface area contributed by atoms with E-state index in [-0.39, 0.29) is 6.03 Å². The zero-order chi connectivity index (χ0) is 21.6. The summed E-state index contributed by atoms with van der Waals surface area (Å²) in [5.74, 6) is 0.964. The van der Waals surface area contributed by atoms with Crippen LogP contribution in [0, 0.1) is 0 Å². The summed E-state index contributed by atoms with van der Waals surface area (Å²) < 4.78 is 0. The van der Waals surface area contributed by atoms with Crippen LogP contribution in [0.15, 0.2) is 48.7 Å². The van der Waals surface area contributed by atoms with Gasteiger partial charge in [0.1, 0.15) is 5.02 Å². The largest absolute Gasteiger partial charge is 0.339 e. The molecule has 4 rings (SSSR count). The number of halogens is 1. The van der Waals surface area contributed by atoms with Gasteiger partial charge in [0.05, 0.1) is 6.20 Å². The molecule has 160 valence electrons. The Labute approximate surface area is 185 Å². The van der Waals surface area contributed by atoms with Crippen molar-refractivity contribution in [2.75, 3.05) is 36.1 Å². The molecule has 0 unspecified atom stereocenters. The van der Waals surface area contributed by atoms with Crippen LogP contribution in [0.2, 0.25) is 5.02 Å². The lowest BCUT2D eigenvalue weighted by atomic mass is 10.0. The number of amides is 2. The number of aromatic nitrogens is 2. The highest BCUT2D eigenvalue weighted by atomic mass is 35.5. The Morgan fingerprint density at radius 2 is 1.97 bits per heavy atom. The number of urea groups is 1.